The summed E-state index contributed by atoms with van der Waals surface area (Å²) >= 11 is 1.86. The molecule has 0 atom stereocenters. The number of rotatable bonds is 6. The average Bonchev–Trinajstić information content (AvgIpc) is 3.55. The van der Waals surface area contributed by atoms with Gasteiger partial charge in [0.1, 0.15) is 0 Å². The number of benzene rings is 8. The number of hydrogen-bond donors (Lipinski definition) is 0. The van der Waals surface area contributed by atoms with E-state index in [1.165, 1.54) is 64.3 Å². The van der Waals surface area contributed by atoms with Crippen LogP contribution in [0.25, 0.3) is 64.3 Å². The van der Waals surface area contributed by atoms with E-state index in [9.17, 15) is 0 Å². The van der Waals surface area contributed by atoms with Gasteiger partial charge in [-0.1, -0.05) is 146 Å². The monoisotopic (exact) mass is 629 g/mol. The molecule has 0 aliphatic rings. The number of nitrogens with zero attached hydrogens (tertiary/aromatic N) is 1. The fraction of sp³-hybridized carbons (Fsp3) is 0. The van der Waals surface area contributed by atoms with Crippen molar-refractivity contribution in [1.29, 1.82) is 0 Å². The van der Waals surface area contributed by atoms with E-state index in [1.807, 2.05) is 11.3 Å². The van der Waals surface area contributed by atoms with Gasteiger partial charge in [-0.25, -0.2) is 0 Å². The van der Waals surface area contributed by atoms with Crippen LogP contribution in [-0.4, -0.2) is 0 Å². The van der Waals surface area contributed by atoms with E-state index in [0.29, 0.717) is 0 Å². The van der Waals surface area contributed by atoms with Gasteiger partial charge in [-0.2, -0.15) is 0 Å². The van der Waals surface area contributed by atoms with Crippen LogP contribution in [0.4, 0.5) is 17.1 Å². The number of thiophene rings is 1. The van der Waals surface area contributed by atoms with E-state index >= 15 is 0 Å². The molecule has 0 spiro atoms. The molecule has 9 rings (SSSR count). The number of fused-ring (bicyclic) bond motifs is 4. The minimum atomic E-state index is 1.12. The summed E-state index contributed by atoms with van der Waals surface area (Å²) in [6, 6.07) is 68.1. The van der Waals surface area contributed by atoms with Gasteiger partial charge in [0, 0.05) is 37.1 Å². The molecule has 0 aliphatic heterocycles. The molecule has 0 saturated carbocycles. The van der Waals surface area contributed by atoms with Crippen molar-refractivity contribution in [2.75, 3.05) is 4.90 Å². The first kappa shape index (κ1) is 28.3. The van der Waals surface area contributed by atoms with Crippen molar-refractivity contribution in [3.05, 3.63) is 188 Å². The molecular formula is C46H31NS. The van der Waals surface area contributed by atoms with E-state index in [-0.39, 0.29) is 0 Å². The van der Waals surface area contributed by atoms with Crippen LogP contribution in [0.15, 0.2) is 188 Å². The first-order valence-corrected chi connectivity index (χ1v) is 17.2. The topological polar surface area (TPSA) is 3.24 Å². The lowest BCUT2D eigenvalue weighted by Gasteiger charge is -2.28. The minimum Gasteiger partial charge on any atom is -0.310 e. The highest BCUT2D eigenvalue weighted by Gasteiger charge is 2.20. The fourth-order valence-electron chi connectivity index (χ4n) is 6.93. The fourth-order valence-corrected chi connectivity index (χ4v) is 8.06. The summed E-state index contributed by atoms with van der Waals surface area (Å²) in [5, 5.41) is 5.08. The highest BCUT2D eigenvalue weighted by molar-refractivity contribution is 7.25. The molecule has 0 fully saturated rings. The summed E-state index contributed by atoms with van der Waals surface area (Å²) in [5.41, 5.74) is 10.7. The maximum absolute atomic E-state index is 2.41. The maximum atomic E-state index is 2.41. The van der Waals surface area contributed by atoms with Crippen LogP contribution < -0.4 is 4.90 Å². The highest BCUT2D eigenvalue weighted by Crippen LogP contribution is 2.46. The second kappa shape index (κ2) is 12.0. The Morgan fingerprint density at radius 3 is 1.71 bits per heavy atom. The zero-order chi connectivity index (χ0) is 31.9. The molecule has 2 heteroatoms. The molecule has 0 radical (unpaired) electrons. The average molecular weight is 630 g/mol. The first-order chi connectivity index (χ1) is 23.8. The van der Waals surface area contributed by atoms with E-state index in [0.717, 1.165) is 17.1 Å². The molecule has 1 nitrogen and oxygen atoms in total. The van der Waals surface area contributed by atoms with Crippen LogP contribution in [-0.2, 0) is 0 Å². The summed E-state index contributed by atoms with van der Waals surface area (Å²) in [7, 11) is 0. The Labute approximate surface area is 284 Å². The van der Waals surface area contributed by atoms with Gasteiger partial charge in [0.25, 0.3) is 0 Å². The maximum Gasteiger partial charge on any atom is 0.0540 e. The summed E-state index contributed by atoms with van der Waals surface area (Å²) < 4.78 is 2.62. The Hall–Kier alpha value is -5.96. The van der Waals surface area contributed by atoms with E-state index in [4.69, 9.17) is 0 Å². The molecule has 9 aromatic rings. The minimum absolute atomic E-state index is 1.12. The van der Waals surface area contributed by atoms with Gasteiger partial charge in [-0.3, -0.25) is 0 Å². The second-order valence-electron chi connectivity index (χ2n) is 12.2. The summed E-state index contributed by atoms with van der Waals surface area (Å²) in [6.07, 6.45) is 0. The second-order valence-corrected chi connectivity index (χ2v) is 13.2. The zero-order valence-electron chi connectivity index (χ0n) is 26.3. The third-order valence-electron chi connectivity index (χ3n) is 9.28. The third kappa shape index (κ3) is 5.04. The molecule has 0 bridgehead atoms. The Bertz CT molecular complexity index is 2540. The standard InChI is InChI=1S/C46H31NS/c1-2-11-32(12-3-1)34-21-23-35(24-22-34)36-25-28-38(29-26-36)47(39-30-27-33-13-4-5-14-37(33)31-39)43-18-8-6-15-40(43)41-17-10-20-45-46(41)42-16-7-9-19-44(42)48-45/h1-31H. The molecule has 48 heavy (non-hydrogen) atoms. The van der Waals surface area contributed by atoms with E-state index in [1.54, 1.807) is 0 Å². The van der Waals surface area contributed by atoms with Gasteiger partial charge in [-0.15, -0.1) is 11.3 Å². The summed E-state index contributed by atoms with van der Waals surface area (Å²) in [6.45, 7) is 0. The predicted molar refractivity (Wildman–Crippen MR) is 208 cm³/mol. The Kier molecular flexibility index (Phi) is 7.07. The molecule has 0 saturated heterocycles. The SMILES string of the molecule is c1ccc(-c2ccc(-c3ccc(N(c4ccc5ccccc5c4)c4ccccc4-c4cccc5sc6ccccc6c45)cc3)cc2)cc1. The van der Waals surface area contributed by atoms with Gasteiger partial charge in [-0.05, 0) is 81.1 Å². The van der Waals surface area contributed by atoms with Crippen molar-refractivity contribution >= 4 is 59.3 Å². The number of hydrogen-bond acceptors (Lipinski definition) is 2. The summed E-state index contributed by atoms with van der Waals surface area (Å²) in [5.74, 6) is 0. The quantitative estimate of drug-likeness (QED) is 0.177. The van der Waals surface area contributed by atoms with Crippen molar-refractivity contribution in [1.82, 2.24) is 0 Å². The lowest BCUT2D eigenvalue weighted by molar-refractivity contribution is 1.29. The molecule has 1 aromatic heterocycles. The molecule has 0 unspecified atom stereocenters. The molecule has 1 heterocycles. The molecular weight excluding hydrogens is 599 g/mol. The van der Waals surface area contributed by atoms with Crippen LogP contribution in [0, 0.1) is 0 Å². The smallest absolute Gasteiger partial charge is 0.0540 e. The van der Waals surface area contributed by atoms with Crippen molar-refractivity contribution in [3.63, 3.8) is 0 Å². The Morgan fingerprint density at radius 1 is 0.354 bits per heavy atom. The molecule has 226 valence electrons. The van der Waals surface area contributed by atoms with Crippen LogP contribution in [0.3, 0.4) is 0 Å². The lowest BCUT2D eigenvalue weighted by atomic mass is 9.96. The van der Waals surface area contributed by atoms with Crippen molar-refractivity contribution in [2.45, 2.75) is 0 Å². The van der Waals surface area contributed by atoms with E-state index < -0.39 is 0 Å². The first-order valence-electron chi connectivity index (χ1n) is 16.3. The van der Waals surface area contributed by atoms with Crippen LogP contribution in [0.5, 0.6) is 0 Å². The van der Waals surface area contributed by atoms with Crippen molar-refractivity contribution in [3.8, 4) is 33.4 Å². The van der Waals surface area contributed by atoms with Crippen LogP contribution in [0.2, 0.25) is 0 Å². The number of para-hydroxylation sites is 1. The van der Waals surface area contributed by atoms with Crippen LogP contribution in [0.1, 0.15) is 0 Å². The highest BCUT2D eigenvalue weighted by atomic mass is 32.1. The third-order valence-corrected chi connectivity index (χ3v) is 10.4. The normalized spacial score (nSPS) is 11.3. The van der Waals surface area contributed by atoms with Gasteiger partial charge >= 0.3 is 0 Å². The molecule has 8 aromatic carbocycles. The Morgan fingerprint density at radius 2 is 0.917 bits per heavy atom. The summed E-state index contributed by atoms with van der Waals surface area (Å²) in [4.78, 5) is 2.41. The van der Waals surface area contributed by atoms with Crippen molar-refractivity contribution < 1.29 is 0 Å². The largest absolute Gasteiger partial charge is 0.310 e. The Balaban J connectivity index is 1.19. The molecule has 0 aliphatic carbocycles. The predicted octanol–water partition coefficient (Wildman–Crippen LogP) is 13.7. The van der Waals surface area contributed by atoms with Gasteiger partial charge in [0.15, 0.2) is 0 Å². The van der Waals surface area contributed by atoms with Crippen molar-refractivity contribution in [2.24, 2.45) is 0 Å². The van der Waals surface area contributed by atoms with Gasteiger partial charge in [0.2, 0.25) is 0 Å². The number of anilines is 3. The molecule has 0 amide bonds. The lowest BCUT2D eigenvalue weighted by Crippen LogP contribution is -2.11. The van der Waals surface area contributed by atoms with E-state index in [2.05, 4.69) is 193 Å². The van der Waals surface area contributed by atoms with Gasteiger partial charge in [0.05, 0.1) is 5.69 Å². The van der Waals surface area contributed by atoms with Crippen LogP contribution >= 0.6 is 11.3 Å². The molecule has 0 N–H and O–H groups in total. The van der Waals surface area contributed by atoms with Gasteiger partial charge < -0.3 is 4.90 Å². The zero-order valence-corrected chi connectivity index (χ0v) is 27.1.